The number of nitrogens with zero attached hydrogens (tertiary/aromatic N) is 4. The number of carbonyl (C=O) groups is 5. The zero-order valence-corrected chi connectivity index (χ0v) is 54.6. The Hall–Kier alpha value is -6.55. The van der Waals surface area contributed by atoms with Gasteiger partial charge >= 0.3 is 0 Å². The van der Waals surface area contributed by atoms with Crippen molar-refractivity contribution in [3.63, 3.8) is 0 Å². The second-order valence-corrected chi connectivity index (χ2v) is 29.8. The molecule has 4 heterocycles. The molecule has 4 aromatic rings. The number of amides is 5. The molecular formula is C70H91N9O9S2. The molecule has 0 aromatic heterocycles. The van der Waals surface area contributed by atoms with Crippen LogP contribution in [0.2, 0.25) is 0 Å². The molecule has 2 atom stereocenters. The summed E-state index contributed by atoms with van der Waals surface area (Å²) in [6, 6.07) is 26.7. The number of benzene rings is 4. The molecule has 0 radical (unpaired) electrons. The highest BCUT2D eigenvalue weighted by Gasteiger charge is 2.68. The molecule has 5 N–H and O–H groups in total. The monoisotopic (exact) mass is 1270 g/mol. The number of rotatable bonds is 28. The van der Waals surface area contributed by atoms with Gasteiger partial charge in [-0.1, -0.05) is 69.2 Å². The predicted octanol–water partition coefficient (Wildman–Crippen LogP) is 9.65. The van der Waals surface area contributed by atoms with E-state index in [1.165, 1.54) is 44.9 Å². The molecule has 482 valence electrons. The van der Waals surface area contributed by atoms with Crippen molar-refractivity contribution in [2.24, 2.45) is 22.2 Å². The van der Waals surface area contributed by atoms with Crippen LogP contribution in [0.1, 0.15) is 134 Å². The average Bonchev–Trinajstić information content (AvgIpc) is 0.791. The Balaban J connectivity index is 0.581. The van der Waals surface area contributed by atoms with Gasteiger partial charge in [0.05, 0.1) is 42.4 Å². The lowest BCUT2D eigenvalue weighted by molar-refractivity contribution is -0.182. The summed E-state index contributed by atoms with van der Waals surface area (Å²) in [4.78, 5) is 75.6. The van der Waals surface area contributed by atoms with Crippen LogP contribution >= 0.6 is 11.8 Å². The number of piperazine rings is 1. The van der Waals surface area contributed by atoms with Crippen LogP contribution in [0, 0.1) is 29.1 Å². The van der Waals surface area contributed by atoms with Crippen LogP contribution in [-0.4, -0.2) is 162 Å². The van der Waals surface area contributed by atoms with E-state index in [1.54, 1.807) is 65.9 Å². The molecule has 18 nitrogen and oxygen atoms in total. The van der Waals surface area contributed by atoms with Gasteiger partial charge in [0.2, 0.25) is 11.8 Å². The maximum absolute atomic E-state index is 13.8. The largest absolute Gasteiger partial charge is 0.382 e. The van der Waals surface area contributed by atoms with Crippen molar-refractivity contribution in [1.82, 2.24) is 30.1 Å². The van der Waals surface area contributed by atoms with Crippen molar-refractivity contribution in [3.8, 4) is 0 Å². The normalized spacial score (nSPS) is 23.2. The summed E-state index contributed by atoms with van der Waals surface area (Å²) in [6.07, 6.45) is 12.4. The summed E-state index contributed by atoms with van der Waals surface area (Å²) >= 11 is 1.77. The van der Waals surface area contributed by atoms with E-state index < -0.39 is 39.7 Å². The van der Waals surface area contributed by atoms with Crippen molar-refractivity contribution in [2.75, 3.05) is 113 Å². The van der Waals surface area contributed by atoms with Crippen LogP contribution < -0.4 is 30.9 Å². The molecule has 90 heavy (non-hydrogen) atoms. The topological polar surface area (TPSA) is 211 Å². The van der Waals surface area contributed by atoms with Gasteiger partial charge in [-0.15, -0.1) is 11.8 Å². The second-order valence-electron chi connectivity index (χ2n) is 27.0. The predicted molar refractivity (Wildman–Crippen MR) is 353 cm³/mol. The quantitative estimate of drug-likeness (QED) is 0.0155. The number of hydrogen-bond acceptors (Lipinski definition) is 15. The fourth-order valence-corrected chi connectivity index (χ4v) is 16.9. The molecule has 3 saturated carbocycles. The molecular weight excluding hydrogens is 1170 g/mol. The zero-order valence-electron chi connectivity index (χ0n) is 53.0. The fraction of sp³-hybridized carbons (Fsp3) is 0.529. The smallest absolute Gasteiger partial charge is 0.264 e. The first-order valence-electron chi connectivity index (χ1n) is 32.6. The lowest BCUT2D eigenvalue weighted by Crippen LogP contribution is -2.63. The van der Waals surface area contributed by atoms with Crippen LogP contribution in [-0.2, 0) is 29.1 Å². The highest BCUT2D eigenvalue weighted by Crippen LogP contribution is 2.79. The number of hydrogen-bond donors (Lipinski definition) is 5. The molecule has 6 fully saturated rings. The van der Waals surface area contributed by atoms with Gasteiger partial charge in [-0.05, 0) is 179 Å². The number of nitrogens with one attached hydrogen (secondary N) is 5. The molecule has 5 amide bonds. The van der Waals surface area contributed by atoms with E-state index in [0.29, 0.717) is 80.0 Å². The van der Waals surface area contributed by atoms with E-state index in [-0.39, 0.29) is 39.5 Å². The summed E-state index contributed by atoms with van der Waals surface area (Å²) in [7, 11) is -4.18. The van der Waals surface area contributed by atoms with Crippen LogP contribution in [0.3, 0.4) is 0 Å². The number of fused-ring (bicyclic) bond motifs is 1. The van der Waals surface area contributed by atoms with E-state index >= 15 is 0 Å². The third kappa shape index (κ3) is 15.0. The number of thioether (sulfide) groups is 1. The van der Waals surface area contributed by atoms with Gasteiger partial charge in [-0.2, -0.15) is 0 Å². The summed E-state index contributed by atoms with van der Waals surface area (Å²) < 4.78 is 41.3. The molecule has 12 rings (SSSR count). The molecule has 3 saturated heterocycles. The minimum absolute atomic E-state index is 0.0210. The lowest BCUT2D eigenvalue weighted by Gasteiger charge is -2.73. The summed E-state index contributed by atoms with van der Waals surface area (Å²) in [5.74, 6) is -1.33. The van der Waals surface area contributed by atoms with Gasteiger partial charge in [0.25, 0.3) is 27.7 Å². The van der Waals surface area contributed by atoms with Gasteiger partial charge < -0.3 is 40.5 Å². The van der Waals surface area contributed by atoms with Gasteiger partial charge in [-0.25, -0.2) is 13.1 Å². The summed E-state index contributed by atoms with van der Waals surface area (Å²) in [6.45, 7) is 22.4. The highest BCUT2D eigenvalue weighted by atomic mass is 32.2. The van der Waals surface area contributed by atoms with Crippen molar-refractivity contribution < 1.29 is 41.9 Å². The Labute approximate surface area is 536 Å². The average molecular weight is 1270 g/mol. The molecule has 2 bridgehead atoms. The van der Waals surface area contributed by atoms with E-state index in [2.05, 4.69) is 80.2 Å². The van der Waals surface area contributed by atoms with Crippen molar-refractivity contribution in [1.29, 1.82) is 0 Å². The number of carbonyl (C=O) groups excluding carboxylic acids is 5. The highest BCUT2D eigenvalue weighted by molar-refractivity contribution is 7.99. The number of ether oxygens (including phenoxy) is 2. The van der Waals surface area contributed by atoms with E-state index in [0.717, 1.165) is 104 Å². The molecule has 0 spiro atoms. The fourth-order valence-electron chi connectivity index (χ4n) is 14.8. The first kappa shape index (κ1) is 65.0. The molecule has 4 aliphatic heterocycles. The SMILES string of the molecule is C=C1CCC(N2C(=O)c3cccc(NCCOCCOCCNC(=O)C4CCN(CC[C@H](CSc5ccccc5)Nc5ccc(S(=O)(=O)NC(=O)c6ccc(N7CCN(CC8=C(C9%10CC(CC)(C9)C%10)CC(C)(C)CC8)CC7)cc6)cc5C)CC4)c3C2=O)C(=O)N1. The first-order chi connectivity index (χ1) is 43.3. The number of sulfonamides is 1. The van der Waals surface area contributed by atoms with Crippen LogP contribution in [0.15, 0.2) is 124 Å². The minimum Gasteiger partial charge on any atom is -0.382 e. The van der Waals surface area contributed by atoms with E-state index in [1.807, 2.05) is 42.8 Å². The third-order valence-electron chi connectivity index (χ3n) is 20.1. The van der Waals surface area contributed by atoms with Crippen molar-refractivity contribution >= 4 is 68.4 Å². The first-order valence-corrected chi connectivity index (χ1v) is 35.1. The number of allylic oxidation sites excluding steroid dienone is 2. The number of anilines is 3. The Kier molecular flexibility index (Phi) is 20.3. The van der Waals surface area contributed by atoms with Crippen LogP contribution in [0.4, 0.5) is 17.1 Å². The van der Waals surface area contributed by atoms with Gasteiger partial charge in [-0.3, -0.25) is 33.8 Å². The Morgan fingerprint density at radius 1 is 0.800 bits per heavy atom. The molecule has 1 unspecified atom stereocenters. The number of imide groups is 1. The summed E-state index contributed by atoms with van der Waals surface area (Å²) in [5.41, 5.74) is 9.55. The molecule has 20 heteroatoms. The Morgan fingerprint density at radius 3 is 2.22 bits per heavy atom. The second kappa shape index (κ2) is 28.1. The van der Waals surface area contributed by atoms with E-state index in [9.17, 15) is 32.4 Å². The Morgan fingerprint density at radius 2 is 1.52 bits per heavy atom. The number of likely N-dealkylation sites (tertiary alicyclic amines) is 1. The van der Waals surface area contributed by atoms with Crippen LogP contribution in [0.5, 0.6) is 0 Å². The lowest BCUT2D eigenvalue weighted by atomic mass is 9.31. The molecule has 4 aliphatic carbocycles. The van der Waals surface area contributed by atoms with Crippen LogP contribution in [0.25, 0.3) is 0 Å². The van der Waals surface area contributed by atoms with Crippen molar-refractivity contribution in [3.05, 3.63) is 137 Å². The minimum atomic E-state index is -4.18. The van der Waals surface area contributed by atoms with E-state index in [4.69, 9.17) is 9.47 Å². The zero-order chi connectivity index (χ0) is 63.2. The standard InChI is InChI=1S/C70H91N9O9S2/c1-6-69-45-70(46-69,47-69)58-42-68(4,5)27-23-52(58)43-77-33-35-78(36-34-77)54-18-16-50(17-19-54)64(81)75-90(85,86)56-20-21-59(48(2)41-56)74-53(44-89-55-11-8-7-9-12-55)26-32-76-30-24-51(25-31-76)63(80)72-29-38-88-40-39-87-37-28-71-60-14-10-13-57-62(60)67(84)79(66(57)83)61-22-15-49(3)73-65(61)82/h7-14,16-21,41,51,53,61,71,74H,3,6,15,22-40,42-47H2,1-2,4-5H3,(H,72,80)(H,73,82)(H,75,81)/t53-,61?,69?,70?/m1/s1. The maximum Gasteiger partial charge on any atom is 0.264 e. The van der Waals surface area contributed by atoms with Gasteiger partial charge in [0, 0.05) is 103 Å². The Bertz CT molecular complexity index is 3430. The van der Waals surface area contributed by atoms with Gasteiger partial charge in [0.1, 0.15) is 6.04 Å². The number of aryl methyl sites for hydroxylation is 1. The van der Waals surface area contributed by atoms with Crippen molar-refractivity contribution in [2.45, 2.75) is 127 Å². The third-order valence-corrected chi connectivity index (χ3v) is 22.6. The molecule has 8 aliphatic rings. The summed E-state index contributed by atoms with van der Waals surface area (Å²) in [5, 5.41) is 12.6. The van der Waals surface area contributed by atoms with Gasteiger partial charge in [0.15, 0.2) is 0 Å². The molecule has 4 aromatic carbocycles. The number of piperidine rings is 2. The maximum atomic E-state index is 13.8.